The Morgan fingerprint density at radius 3 is 2.53 bits per heavy atom. The van der Waals surface area contributed by atoms with Gasteiger partial charge in [-0.05, 0) is 37.0 Å². The average molecular weight is 525 g/mol. The number of aliphatic hydroxyl groups is 3. The highest BCUT2D eigenvalue weighted by molar-refractivity contribution is 6.31. The quantitative estimate of drug-likeness (QED) is 0.0852. The van der Waals surface area contributed by atoms with Crippen LogP contribution in [0.3, 0.4) is 0 Å². The Labute approximate surface area is 213 Å². The molecule has 1 aromatic carbocycles. The maximum Gasteiger partial charge on any atom is 0.280 e. The first-order valence-electron chi connectivity index (χ1n) is 11.3. The number of aromatic nitrogens is 2. The summed E-state index contributed by atoms with van der Waals surface area (Å²) in [4.78, 5) is 23.9. The topological polar surface area (TPSA) is 227 Å². The second-order valence-electron chi connectivity index (χ2n) is 7.83. The number of nitrogen functional groups attached to an aromatic ring is 2. The van der Waals surface area contributed by atoms with Gasteiger partial charge in [0.1, 0.15) is 18.5 Å². The van der Waals surface area contributed by atoms with E-state index in [9.17, 15) is 15.0 Å². The predicted octanol–water partition coefficient (Wildman–Crippen LogP) is -0.956. The van der Waals surface area contributed by atoms with Crippen LogP contribution in [0.5, 0.6) is 5.75 Å². The van der Waals surface area contributed by atoms with Gasteiger partial charge in [-0.1, -0.05) is 23.7 Å². The number of aliphatic imine (C=N–C) groups is 1. The van der Waals surface area contributed by atoms with E-state index in [0.717, 1.165) is 30.6 Å². The van der Waals surface area contributed by atoms with Crippen molar-refractivity contribution in [1.29, 1.82) is 0 Å². The number of hydrogen-bond donors (Lipinski definition) is 8. The number of nitrogens with zero attached hydrogens (tertiary/aromatic N) is 3. The minimum Gasteiger partial charge on any atom is -0.492 e. The number of benzene rings is 1. The molecule has 0 spiro atoms. The molecule has 2 atom stereocenters. The van der Waals surface area contributed by atoms with Crippen LogP contribution in [0.2, 0.25) is 5.15 Å². The van der Waals surface area contributed by atoms with Crippen LogP contribution in [0.4, 0.5) is 11.6 Å². The maximum atomic E-state index is 12.2. The van der Waals surface area contributed by atoms with Gasteiger partial charge in [-0.3, -0.25) is 15.1 Å². The Balaban J connectivity index is 1.63. The molecular formula is C22H33ClN8O5. The highest BCUT2D eigenvalue weighted by Crippen LogP contribution is 2.17. The van der Waals surface area contributed by atoms with Crippen molar-refractivity contribution in [3.63, 3.8) is 0 Å². The molecular weight excluding hydrogens is 492 g/mol. The molecule has 0 aliphatic heterocycles. The van der Waals surface area contributed by atoms with Gasteiger partial charge < -0.3 is 42.6 Å². The lowest BCUT2D eigenvalue weighted by molar-refractivity contribution is -0.0130. The van der Waals surface area contributed by atoms with E-state index >= 15 is 0 Å². The van der Waals surface area contributed by atoms with Crippen LogP contribution in [0.15, 0.2) is 29.3 Å². The van der Waals surface area contributed by atoms with Crippen molar-refractivity contribution in [2.24, 2.45) is 10.7 Å². The van der Waals surface area contributed by atoms with Gasteiger partial charge >= 0.3 is 0 Å². The van der Waals surface area contributed by atoms with E-state index in [1.165, 1.54) is 0 Å². The number of ether oxygens (including phenoxy) is 1. The number of carbonyl (C=O) groups is 1. The third-order valence-corrected chi connectivity index (χ3v) is 5.25. The number of guanidine groups is 1. The molecule has 13 nitrogen and oxygen atoms in total. The molecule has 0 unspecified atom stereocenters. The predicted molar refractivity (Wildman–Crippen MR) is 137 cm³/mol. The molecule has 11 N–H and O–H groups in total. The molecule has 0 bridgehead atoms. The number of aryl methyl sites for hydroxylation is 1. The molecule has 1 aromatic heterocycles. The van der Waals surface area contributed by atoms with Crippen LogP contribution in [0.25, 0.3) is 0 Å². The van der Waals surface area contributed by atoms with Crippen LogP contribution in [-0.4, -0.2) is 82.2 Å². The number of halogens is 1. The molecule has 1 amide bonds. The monoisotopic (exact) mass is 524 g/mol. The fraction of sp³-hybridized carbons (Fsp3) is 0.455. The first-order chi connectivity index (χ1) is 17.2. The first-order valence-corrected chi connectivity index (χ1v) is 11.7. The summed E-state index contributed by atoms with van der Waals surface area (Å²) in [6.07, 6.45) is 0.269. The molecule has 36 heavy (non-hydrogen) atoms. The van der Waals surface area contributed by atoms with E-state index in [2.05, 4.69) is 25.6 Å². The van der Waals surface area contributed by atoms with Crippen molar-refractivity contribution in [3.05, 3.63) is 40.7 Å². The number of nitrogens with one attached hydrogen (secondary N) is 2. The van der Waals surface area contributed by atoms with Crippen molar-refractivity contribution >= 4 is 35.1 Å². The average Bonchev–Trinajstić information content (AvgIpc) is 2.85. The summed E-state index contributed by atoms with van der Waals surface area (Å²) in [7, 11) is 0. The fourth-order valence-corrected chi connectivity index (χ4v) is 3.09. The fourth-order valence-electron chi connectivity index (χ4n) is 2.97. The normalized spacial score (nSPS) is 13.3. The van der Waals surface area contributed by atoms with Crippen LogP contribution in [0.1, 0.15) is 28.9 Å². The zero-order valence-electron chi connectivity index (χ0n) is 19.7. The van der Waals surface area contributed by atoms with Crippen molar-refractivity contribution in [1.82, 2.24) is 20.6 Å². The van der Waals surface area contributed by atoms with E-state index < -0.39 is 24.7 Å². The van der Waals surface area contributed by atoms with Crippen molar-refractivity contribution < 1.29 is 24.9 Å². The lowest BCUT2D eigenvalue weighted by atomic mass is 10.1. The highest BCUT2D eigenvalue weighted by atomic mass is 35.5. The van der Waals surface area contributed by atoms with Gasteiger partial charge in [-0.2, -0.15) is 0 Å². The maximum absolute atomic E-state index is 12.2. The third-order valence-electron chi connectivity index (χ3n) is 4.97. The largest absolute Gasteiger partial charge is 0.492 e. The standard InChI is InChI=1S/C22H33ClN8O5/c23-18-20(25)30-19(24)17(29-18)21(35)31-22(26)28-8-2-1-3-13-4-6-14(7-5-13)36-10-9-27-11-15(33)16(34)12-32/h4-7,15-16,27,32-34H,1-3,8-12H2,(H4,24,25,30)(H3,26,28,31,35)/t15-,16+/m0/s1. The van der Waals surface area contributed by atoms with Crippen LogP contribution >= 0.6 is 11.6 Å². The number of aliphatic hydroxyl groups excluding tert-OH is 3. The molecule has 14 heteroatoms. The van der Waals surface area contributed by atoms with E-state index in [0.29, 0.717) is 19.7 Å². The SMILES string of the molecule is NC(=NCCCCc1ccc(OCCNC[C@H](O)[C@H](O)CO)cc1)NC(=O)c1nc(Cl)c(N)nc1N. The van der Waals surface area contributed by atoms with Gasteiger partial charge in [0.05, 0.1) is 12.7 Å². The lowest BCUT2D eigenvalue weighted by Gasteiger charge is -2.16. The summed E-state index contributed by atoms with van der Waals surface area (Å²) >= 11 is 5.77. The second kappa shape index (κ2) is 15.0. The van der Waals surface area contributed by atoms with E-state index in [-0.39, 0.29) is 35.0 Å². The Morgan fingerprint density at radius 2 is 1.83 bits per heavy atom. The van der Waals surface area contributed by atoms with Crippen LogP contribution in [-0.2, 0) is 6.42 Å². The molecule has 198 valence electrons. The van der Waals surface area contributed by atoms with E-state index in [1.807, 2.05) is 24.3 Å². The molecule has 0 fully saturated rings. The van der Waals surface area contributed by atoms with E-state index in [4.69, 9.17) is 38.6 Å². The highest BCUT2D eigenvalue weighted by Gasteiger charge is 2.16. The van der Waals surface area contributed by atoms with Crippen LogP contribution < -0.4 is 32.6 Å². The number of rotatable bonds is 14. The Morgan fingerprint density at radius 1 is 1.11 bits per heavy atom. The lowest BCUT2D eigenvalue weighted by Crippen LogP contribution is -2.39. The summed E-state index contributed by atoms with van der Waals surface area (Å²) in [5.41, 5.74) is 17.8. The number of anilines is 2. The molecule has 2 aromatic rings. The molecule has 1 heterocycles. The number of nitrogens with two attached hydrogens (primary N) is 3. The summed E-state index contributed by atoms with van der Waals surface area (Å²) in [5.74, 6) is -0.261. The minimum absolute atomic E-state index is 0.0655. The number of carbonyl (C=O) groups excluding carboxylic acids is 1. The first kappa shape index (κ1) is 29.0. The van der Waals surface area contributed by atoms with Gasteiger partial charge in [0, 0.05) is 19.6 Å². The molecule has 0 saturated heterocycles. The molecule has 2 rings (SSSR count). The Hall–Kier alpha value is -3.23. The van der Waals surface area contributed by atoms with Crippen molar-refractivity contribution in [2.75, 3.05) is 44.3 Å². The smallest absolute Gasteiger partial charge is 0.280 e. The zero-order valence-corrected chi connectivity index (χ0v) is 20.5. The zero-order chi connectivity index (χ0) is 26.5. The van der Waals surface area contributed by atoms with Crippen molar-refractivity contribution in [3.8, 4) is 5.75 Å². The van der Waals surface area contributed by atoms with Gasteiger partial charge in [0.15, 0.2) is 28.4 Å². The number of amides is 1. The molecule has 0 aliphatic rings. The number of unbranched alkanes of at least 4 members (excludes halogenated alkanes) is 1. The number of hydrogen-bond acceptors (Lipinski definition) is 11. The molecule has 0 saturated carbocycles. The third kappa shape index (κ3) is 9.79. The van der Waals surface area contributed by atoms with E-state index in [1.54, 1.807) is 0 Å². The van der Waals surface area contributed by atoms with Gasteiger partial charge in [-0.15, -0.1) is 0 Å². The van der Waals surface area contributed by atoms with Gasteiger partial charge in [0.25, 0.3) is 5.91 Å². The summed E-state index contributed by atoms with van der Waals surface area (Å²) in [6.45, 7) is 0.969. The Bertz CT molecular complexity index is 1010. The minimum atomic E-state index is -1.16. The van der Waals surface area contributed by atoms with Gasteiger partial charge in [0.2, 0.25) is 0 Å². The van der Waals surface area contributed by atoms with Crippen LogP contribution in [0, 0.1) is 0 Å². The van der Waals surface area contributed by atoms with Crippen molar-refractivity contribution in [2.45, 2.75) is 31.5 Å². The second-order valence-corrected chi connectivity index (χ2v) is 8.18. The molecule has 0 radical (unpaired) electrons. The molecule has 0 aliphatic carbocycles. The summed E-state index contributed by atoms with van der Waals surface area (Å²) < 4.78 is 5.63. The summed E-state index contributed by atoms with van der Waals surface area (Å²) in [5, 5.41) is 32.8. The van der Waals surface area contributed by atoms with Gasteiger partial charge in [-0.25, -0.2) is 9.97 Å². The Kier molecular flexibility index (Phi) is 12.1. The summed E-state index contributed by atoms with van der Waals surface area (Å²) in [6, 6.07) is 7.71.